The molecule has 1 aromatic carbocycles. The first-order valence-electron chi connectivity index (χ1n) is 8.43. The van der Waals surface area contributed by atoms with E-state index >= 15 is 0 Å². The molecule has 27 heavy (non-hydrogen) atoms. The Labute approximate surface area is 157 Å². The van der Waals surface area contributed by atoms with Gasteiger partial charge >= 0.3 is 0 Å². The molecule has 2 aromatic rings. The third kappa shape index (κ3) is 3.76. The van der Waals surface area contributed by atoms with Crippen molar-refractivity contribution in [2.75, 3.05) is 5.32 Å². The van der Waals surface area contributed by atoms with E-state index in [2.05, 4.69) is 10.0 Å². The molecule has 0 aliphatic carbocycles. The molecule has 0 spiro atoms. The smallest absolute Gasteiger partial charge is 0.166 e. The van der Waals surface area contributed by atoms with Gasteiger partial charge in [-0.2, -0.15) is 0 Å². The number of benzene rings is 1. The summed E-state index contributed by atoms with van der Waals surface area (Å²) >= 11 is 0. The maximum atomic E-state index is 13.4. The fourth-order valence-electron chi connectivity index (χ4n) is 3.03. The first kappa shape index (κ1) is 19.5. The lowest BCUT2D eigenvalue weighted by atomic mass is 10.0. The number of hydrogen-bond donors (Lipinski definition) is 4. The molecule has 6 nitrogen and oxygen atoms in total. The molecular weight excluding hydrogens is 374 g/mol. The fourth-order valence-corrected chi connectivity index (χ4v) is 4.68. The van der Waals surface area contributed by atoms with Gasteiger partial charge < -0.3 is 15.0 Å². The maximum Gasteiger partial charge on any atom is 0.166 e. The van der Waals surface area contributed by atoms with Crippen LogP contribution in [0.25, 0.3) is 6.08 Å². The van der Waals surface area contributed by atoms with Gasteiger partial charge in [-0.3, -0.25) is 0 Å². The summed E-state index contributed by atoms with van der Waals surface area (Å²) in [6, 6.07) is 2.96. The topological polar surface area (TPSA) is 90.1 Å². The van der Waals surface area contributed by atoms with Crippen LogP contribution in [0.3, 0.4) is 0 Å². The Kier molecular flexibility index (Phi) is 5.11. The van der Waals surface area contributed by atoms with Gasteiger partial charge in [-0.15, -0.1) is 0 Å². The quantitative estimate of drug-likeness (QED) is 0.598. The molecule has 3 atom stereocenters. The number of aryl methyl sites for hydroxylation is 1. The molecule has 9 heteroatoms. The number of anilines is 1. The highest BCUT2D eigenvalue weighted by Gasteiger charge is 2.29. The fraction of sp³-hybridized carbons (Fsp3) is 0.333. The number of fused-ring (bicyclic) bond motifs is 1. The van der Waals surface area contributed by atoms with E-state index in [0.717, 1.165) is 12.1 Å². The van der Waals surface area contributed by atoms with E-state index in [0.29, 0.717) is 11.3 Å². The minimum absolute atomic E-state index is 0.124. The second-order valence-electron chi connectivity index (χ2n) is 6.88. The lowest BCUT2D eigenvalue weighted by Crippen LogP contribution is -2.35. The van der Waals surface area contributed by atoms with Gasteiger partial charge in [-0.1, -0.05) is 26.0 Å². The first-order valence-corrected chi connectivity index (χ1v) is 9.99. The molecule has 0 bridgehead atoms. The largest absolute Gasteiger partial charge is 0.368 e. The summed E-state index contributed by atoms with van der Waals surface area (Å²) in [5.74, 6) is -1.89. The molecule has 0 radical (unpaired) electrons. The maximum absolute atomic E-state index is 13.4. The minimum Gasteiger partial charge on any atom is -0.368 e. The number of aromatic nitrogens is 1. The third-order valence-corrected chi connectivity index (χ3v) is 6.06. The normalized spacial score (nSPS) is 23.1. The molecule has 0 saturated heterocycles. The molecule has 3 rings (SSSR count). The molecule has 0 amide bonds. The Morgan fingerprint density at radius 3 is 2.67 bits per heavy atom. The molecule has 1 aliphatic heterocycles. The highest BCUT2D eigenvalue weighted by Crippen LogP contribution is 2.32. The highest BCUT2D eigenvalue weighted by molar-refractivity contribution is 7.90. The van der Waals surface area contributed by atoms with Gasteiger partial charge in [0.05, 0.1) is 10.6 Å². The van der Waals surface area contributed by atoms with Crippen molar-refractivity contribution in [3.8, 4) is 0 Å². The van der Waals surface area contributed by atoms with Crippen LogP contribution in [-0.2, 0) is 17.0 Å². The predicted octanol–water partition coefficient (Wildman–Crippen LogP) is 3.37. The van der Waals surface area contributed by atoms with Gasteiger partial charge in [0.15, 0.2) is 17.9 Å². The van der Waals surface area contributed by atoms with Gasteiger partial charge in [-0.25, -0.2) is 22.5 Å². The molecule has 4 N–H and O–H groups in total. The zero-order chi connectivity index (χ0) is 19.9. The standard InChI is InChI=1S/C18H22F2N4O2S/c1-10(2)15-7-5-12-16(27(21,26)23-15)9-24(3)17(12)18(25)22-11-4-6-13(19)14(20)8-11/h4-10,15,18,22,25H,1-3H3,(H2,21,23,26)/t15-,18?,27?/m0/s1. The van der Waals surface area contributed by atoms with Gasteiger partial charge in [0.1, 0.15) is 9.92 Å². The van der Waals surface area contributed by atoms with Crippen LogP contribution in [0.4, 0.5) is 14.5 Å². The lowest BCUT2D eigenvalue weighted by molar-refractivity contribution is 0.199. The Morgan fingerprint density at radius 2 is 2.04 bits per heavy atom. The summed E-state index contributed by atoms with van der Waals surface area (Å²) < 4.78 is 52.1. The summed E-state index contributed by atoms with van der Waals surface area (Å²) in [7, 11) is -1.62. The van der Waals surface area contributed by atoms with E-state index in [9.17, 15) is 18.1 Å². The Balaban J connectivity index is 2.01. The van der Waals surface area contributed by atoms with Gasteiger partial charge in [-0.05, 0) is 18.1 Å². The van der Waals surface area contributed by atoms with E-state index in [1.165, 1.54) is 12.3 Å². The van der Waals surface area contributed by atoms with Crippen molar-refractivity contribution in [2.45, 2.75) is 31.0 Å². The van der Waals surface area contributed by atoms with Crippen molar-refractivity contribution >= 4 is 21.7 Å². The number of aliphatic hydroxyl groups excluding tert-OH is 1. The molecule has 0 fully saturated rings. The average Bonchev–Trinajstić information content (AvgIpc) is 2.85. The number of nitrogens with one attached hydrogen (secondary N) is 3. The Bertz CT molecular complexity index is 999. The van der Waals surface area contributed by atoms with E-state index in [1.807, 2.05) is 19.9 Å². The number of hydrogen-bond acceptors (Lipinski definition) is 4. The summed E-state index contributed by atoms with van der Waals surface area (Å²) in [4.78, 5) is 0.269. The highest BCUT2D eigenvalue weighted by atomic mass is 32.2. The van der Waals surface area contributed by atoms with E-state index in [-0.39, 0.29) is 22.5 Å². The number of aliphatic hydroxyl groups is 1. The van der Waals surface area contributed by atoms with E-state index in [4.69, 9.17) is 4.78 Å². The molecular formula is C18H22F2N4O2S. The zero-order valence-corrected chi connectivity index (χ0v) is 16.0. The number of halogens is 2. The monoisotopic (exact) mass is 396 g/mol. The van der Waals surface area contributed by atoms with Crippen LogP contribution in [0, 0.1) is 22.3 Å². The predicted molar refractivity (Wildman–Crippen MR) is 100 cm³/mol. The van der Waals surface area contributed by atoms with Crippen LogP contribution in [0.1, 0.15) is 31.3 Å². The van der Waals surface area contributed by atoms with Crippen LogP contribution in [0.5, 0.6) is 0 Å². The SMILES string of the molecule is CC(C)[C@@H]1C=Cc2c(cn(C)c2C(O)Nc2ccc(F)c(F)c2)S(=N)(=O)N1. The molecule has 1 aliphatic rings. The second kappa shape index (κ2) is 7.06. The Morgan fingerprint density at radius 1 is 1.33 bits per heavy atom. The van der Waals surface area contributed by atoms with Crippen LogP contribution in [-0.4, -0.2) is 19.9 Å². The zero-order valence-electron chi connectivity index (χ0n) is 15.2. The van der Waals surface area contributed by atoms with Crippen molar-refractivity contribution in [1.82, 2.24) is 9.29 Å². The third-order valence-electron chi connectivity index (χ3n) is 4.51. The van der Waals surface area contributed by atoms with Crippen molar-refractivity contribution in [2.24, 2.45) is 13.0 Å². The first-order chi connectivity index (χ1) is 12.6. The second-order valence-corrected chi connectivity index (χ2v) is 8.67. The van der Waals surface area contributed by atoms with Crippen molar-refractivity contribution < 1.29 is 18.1 Å². The molecule has 0 saturated carbocycles. The molecule has 146 valence electrons. The summed E-state index contributed by atoms with van der Waals surface area (Å²) in [6.45, 7) is 3.90. The molecule has 2 unspecified atom stereocenters. The number of rotatable bonds is 4. The van der Waals surface area contributed by atoms with Crippen LogP contribution >= 0.6 is 0 Å². The van der Waals surface area contributed by atoms with Crippen molar-refractivity contribution in [3.05, 3.63) is 53.4 Å². The van der Waals surface area contributed by atoms with Gasteiger partial charge in [0.2, 0.25) is 0 Å². The van der Waals surface area contributed by atoms with E-state index in [1.54, 1.807) is 17.7 Å². The van der Waals surface area contributed by atoms with Crippen molar-refractivity contribution in [1.29, 1.82) is 4.78 Å². The summed E-state index contributed by atoms with van der Waals surface area (Å²) in [6.07, 6.45) is 3.81. The van der Waals surface area contributed by atoms with Crippen LogP contribution in [0.2, 0.25) is 0 Å². The Hall–Kier alpha value is -2.23. The number of nitrogens with zero attached hydrogens (tertiary/aromatic N) is 1. The van der Waals surface area contributed by atoms with Gasteiger partial charge in [0, 0.05) is 36.6 Å². The van der Waals surface area contributed by atoms with E-state index < -0.39 is 27.8 Å². The molecule has 2 heterocycles. The van der Waals surface area contributed by atoms with Crippen molar-refractivity contribution in [3.63, 3.8) is 0 Å². The average molecular weight is 396 g/mol. The van der Waals surface area contributed by atoms with Crippen LogP contribution < -0.4 is 10.0 Å². The van der Waals surface area contributed by atoms with Crippen LogP contribution in [0.15, 0.2) is 35.4 Å². The summed E-state index contributed by atoms with van der Waals surface area (Å²) in [5, 5.41) is 13.3. The summed E-state index contributed by atoms with van der Waals surface area (Å²) in [5.41, 5.74) is 1.03. The van der Waals surface area contributed by atoms with Gasteiger partial charge in [0.25, 0.3) is 0 Å². The minimum atomic E-state index is -3.27. The lowest BCUT2D eigenvalue weighted by Gasteiger charge is -2.18. The molecule has 1 aromatic heterocycles.